The van der Waals surface area contributed by atoms with Gasteiger partial charge in [0.2, 0.25) is 0 Å². The molecule has 3 heterocycles. The van der Waals surface area contributed by atoms with E-state index < -0.39 is 0 Å². The van der Waals surface area contributed by atoms with E-state index in [0.717, 1.165) is 18.7 Å². The van der Waals surface area contributed by atoms with Gasteiger partial charge in [-0.25, -0.2) is 0 Å². The second-order valence-corrected chi connectivity index (χ2v) is 6.37. The molecule has 1 fully saturated rings. The average molecular weight is 302 g/mol. The van der Waals surface area contributed by atoms with Crippen LogP contribution >= 0.6 is 0 Å². The van der Waals surface area contributed by atoms with E-state index in [1.54, 1.807) is 10.9 Å². The zero-order valence-corrected chi connectivity index (χ0v) is 13.2. The van der Waals surface area contributed by atoms with Crippen molar-refractivity contribution in [3.63, 3.8) is 0 Å². The van der Waals surface area contributed by atoms with Crippen LogP contribution in [-0.4, -0.2) is 38.5 Å². The van der Waals surface area contributed by atoms with Crippen molar-refractivity contribution in [2.75, 3.05) is 6.61 Å². The lowest BCUT2D eigenvalue weighted by molar-refractivity contribution is -0.0615. The van der Waals surface area contributed by atoms with E-state index in [-0.39, 0.29) is 17.6 Å². The summed E-state index contributed by atoms with van der Waals surface area (Å²) in [4.78, 5) is 12.6. The molecule has 3 rings (SSSR count). The molecule has 1 aliphatic rings. The van der Waals surface area contributed by atoms with E-state index in [9.17, 15) is 4.79 Å². The number of amides is 1. The zero-order valence-electron chi connectivity index (χ0n) is 13.2. The maximum Gasteiger partial charge on any atom is 0.256 e. The summed E-state index contributed by atoms with van der Waals surface area (Å²) in [6.45, 7) is 4.79. The van der Waals surface area contributed by atoms with E-state index in [0.29, 0.717) is 12.2 Å². The first-order chi connectivity index (χ1) is 10.5. The number of aryl methyl sites for hydroxylation is 1. The third-order valence-corrected chi connectivity index (χ3v) is 4.03. The Balaban J connectivity index is 1.79. The number of carbonyl (C=O) groups is 1. The number of rotatable bonds is 3. The largest absolute Gasteiger partial charge is 0.375 e. The first-order valence-corrected chi connectivity index (χ1v) is 7.56. The molecular weight excluding hydrogens is 280 g/mol. The van der Waals surface area contributed by atoms with Crippen molar-refractivity contribution in [3.05, 3.63) is 36.3 Å². The lowest BCUT2D eigenvalue weighted by Crippen LogP contribution is -2.45. The Morgan fingerprint density at radius 2 is 2.14 bits per heavy atom. The minimum atomic E-state index is -0.186. The molecule has 0 bridgehead atoms. The van der Waals surface area contributed by atoms with Crippen LogP contribution in [0, 0.1) is 0 Å². The molecule has 2 aromatic heterocycles. The highest BCUT2D eigenvalue weighted by Gasteiger charge is 2.30. The number of hydrogen-bond donors (Lipinski definition) is 1. The molecular formula is C16H22N4O2. The van der Waals surface area contributed by atoms with Gasteiger partial charge >= 0.3 is 0 Å². The zero-order chi connectivity index (χ0) is 15.7. The van der Waals surface area contributed by atoms with Gasteiger partial charge in [-0.2, -0.15) is 5.10 Å². The van der Waals surface area contributed by atoms with Crippen molar-refractivity contribution >= 4 is 5.91 Å². The van der Waals surface area contributed by atoms with Crippen molar-refractivity contribution < 1.29 is 9.53 Å². The van der Waals surface area contributed by atoms with Crippen LogP contribution in [0.5, 0.6) is 0 Å². The van der Waals surface area contributed by atoms with E-state index in [1.807, 2.05) is 36.1 Å². The molecule has 1 aliphatic heterocycles. The lowest BCUT2D eigenvalue weighted by Gasteiger charge is -2.35. The Morgan fingerprint density at radius 1 is 1.41 bits per heavy atom. The summed E-state index contributed by atoms with van der Waals surface area (Å²) in [7, 11) is 1.84. The third kappa shape index (κ3) is 2.92. The van der Waals surface area contributed by atoms with Crippen LogP contribution in [0.1, 0.15) is 37.0 Å². The number of carbonyl (C=O) groups excluding carboxylic acids is 1. The summed E-state index contributed by atoms with van der Waals surface area (Å²) in [6, 6.07) is 3.99. The van der Waals surface area contributed by atoms with Crippen LogP contribution in [-0.2, 0) is 11.8 Å². The highest BCUT2D eigenvalue weighted by Crippen LogP contribution is 2.24. The maximum absolute atomic E-state index is 12.6. The molecule has 2 aromatic rings. The fourth-order valence-corrected chi connectivity index (χ4v) is 2.99. The predicted molar refractivity (Wildman–Crippen MR) is 83.1 cm³/mol. The molecule has 0 radical (unpaired) electrons. The molecule has 1 N–H and O–H groups in total. The van der Waals surface area contributed by atoms with Gasteiger partial charge in [-0.05, 0) is 38.8 Å². The Kier molecular flexibility index (Phi) is 3.78. The van der Waals surface area contributed by atoms with Crippen molar-refractivity contribution in [2.45, 2.75) is 38.3 Å². The Bertz CT molecular complexity index is 658. The van der Waals surface area contributed by atoms with Crippen molar-refractivity contribution in [1.82, 2.24) is 19.7 Å². The Morgan fingerprint density at radius 3 is 2.82 bits per heavy atom. The minimum Gasteiger partial charge on any atom is -0.375 e. The Hall–Kier alpha value is -2.08. The van der Waals surface area contributed by atoms with Gasteiger partial charge in [0.05, 0.1) is 11.8 Å². The van der Waals surface area contributed by atoms with Crippen LogP contribution in [0.25, 0.3) is 5.82 Å². The molecule has 1 saturated heterocycles. The fourth-order valence-electron chi connectivity index (χ4n) is 2.99. The maximum atomic E-state index is 12.6. The summed E-state index contributed by atoms with van der Waals surface area (Å²) in [5, 5.41) is 7.35. The van der Waals surface area contributed by atoms with Gasteiger partial charge < -0.3 is 14.6 Å². The molecule has 1 amide bonds. The summed E-state index contributed by atoms with van der Waals surface area (Å²) >= 11 is 0. The van der Waals surface area contributed by atoms with Gasteiger partial charge in [0, 0.05) is 32.1 Å². The predicted octanol–water partition coefficient (Wildman–Crippen LogP) is 1.90. The third-order valence-electron chi connectivity index (χ3n) is 4.03. The van der Waals surface area contributed by atoms with E-state index in [1.165, 1.54) is 0 Å². The molecule has 1 atom stereocenters. The van der Waals surface area contributed by atoms with Crippen LogP contribution < -0.4 is 5.32 Å². The van der Waals surface area contributed by atoms with Gasteiger partial charge in [0.15, 0.2) is 0 Å². The second kappa shape index (κ2) is 5.61. The topological polar surface area (TPSA) is 61.1 Å². The van der Waals surface area contributed by atoms with Crippen LogP contribution in [0.3, 0.4) is 0 Å². The molecule has 0 aromatic carbocycles. The van der Waals surface area contributed by atoms with Gasteiger partial charge in [-0.3, -0.25) is 9.48 Å². The molecule has 0 spiro atoms. The summed E-state index contributed by atoms with van der Waals surface area (Å²) in [5.41, 5.74) is 0.400. The number of nitrogens with one attached hydrogen (secondary N) is 1. The van der Waals surface area contributed by atoms with Crippen LogP contribution in [0.15, 0.2) is 30.7 Å². The molecule has 118 valence electrons. The first-order valence-electron chi connectivity index (χ1n) is 7.56. The number of aromatic nitrogens is 3. The van der Waals surface area contributed by atoms with E-state index in [4.69, 9.17) is 4.74 Å². The lowest BCUT2D eigenvalue weighted by atomic mass is 9.94. The average Bonchev–Trinajstić information content (AvgIpc) is 3.06. The minimum absolute atomic E-state index is 0.0838. The van der Waals surface area contributed by atoms with E-state index >= 15 is 0 Å². The summed E-state index contributed by atoms with van der Waals surface area (Å²) in [5.74, 6) is 0.688. The van der Waals surface area contributed by atoms with Crippen molar-refractivity contribution in [2.24, 2.45) is 7.05 Å². The fraction of sp³-hybridized carbons (Fsp3) is 0.500. The van der Waals surface area contributed by atoms with Crippen LogP contribution in [0.2, 0.25) is 0 Å². The molecule has 0 aliphatic carbocycles. The summed E-state index contributed by atoms with van der Waals surface area (Å²) in [6.07, 6.45) is 7.10. The monoisotopic (exact) mass is 302 g/mol. The van der Waals surface area contributed by atoms with E-state index in [2.05, 4.69) is 24.3 Å². The number of nitrogens with zero attached hydrogens (tertiary/aromatic N) is 3. The highest BCUT2D eigenvalue weighted by molar-refractivity contribution is 5.97. The van der Waals surface area contributed by atoms with Gasteiger partial charge in [0.25, 0.3) is 5.91 Å². The van der Waals surface area contributed by atoms with Gasteiger partial charge in [-0.1, -0.05) is 0 Å². The molecule has 22 heavy (non-hydrogen) atoms. The van der Waals surface area contributed by atoms with Crippen molar-refractivity contribution in [1.29, 1.82) is 0 Å². The Labute approximate surface area is 130 Å². The number of ether oxygens (including phenoxy) is 1. The van der Waals surface area contributed by atoms with Gasteiger partial charge in [0.1, 0.15) is 11.4 Å². The summed E-state index contributed by atoms with van der Waals surface area (Å²) < 4.78 is 9.31. The molecule has 0 saturated carbocycles. The standard InChI is InChI=1S/C16H22N4O2/c1-16(2)10-12(6-9-22-16)18-14(21)13-11-17-19(3)15(13)20-7-4-5-8-20/h4-5,7-8,11-12H,6,9-10H2,1-3H3,(H,18,21)/t12-/m0/s1. The van der Waals surface area contributed by atoms with Gasteiger partial charge in [-0.15, -0.1) is 0 Å². The quantitative estimate of drug-likeness (QED) is 0.942. The SMILES string of the molecule is Cn1ncc(C(=O)N[C@H]2CCOC(C)(C)C2)c1-n1cccc1. The normalized spacial score (nSPS) is 20.8. The highest BCUT2D eigenvalue weighted by atomic mass is 16.5. The smallest absolute Gasteiger partial charge is 0.256 e. The first kappa shape index (κ1) is 14.8. The van der Waals surface area contributed by atoms with Crippen LogP contribution in [0.4, 0.5) is 0 Å². The molecule has 0 unspecified atom stereocenters. The second-order valence-electron chi connectivity index (χ2n) is 6.37. The van der Waals surface area contributed by atoms with Crippen molar-refractivity contribution in [3.8, 4) is 5.82 Å². The molecule has 6 nitrogen and oxygen atoms in total. The molecule has 6 heteroatoms. The number of hydrogen-bond acceptors (Lipinski definition) is 3.